The minimum atomic E-state index is -0.860. The van der Waals surface area contributed by atoms with E-state index in [4.69, 9.17) is 0 Å². The van der Waals surface area contributed by atoms with E-state index < -0.39 is 29.9 Å². The van der Waals surface area contributed by atoms with Crippen LogP contribution in [-0.2, 0) is 22.7 Å². The SMILES string of the molecule is CC(C)[C@H]1C(=O)N(Cc2ccc(F)cc2F)C[C@H]2N1C(=O)CN(C)N2C(=O)NCc1ccc(F)cc1. The van der Waals surface area contributed by atoms with E-state index in [0.29, 0.717) is 5.56 Å². The fourth-order valence-electron chi connectivity index (χ4n) is 4.72. The Hall–Kier alpha value is -3.60. The number of hydrogen-bond acceptors (Lipinski definition) is 4. The molecule has 2 aliphatic rings. The number of benzene rings is 2. The molecule has 2 fully saturated rings. The molecule has 0 unspecified atom stereocenters. The number of rotatable bonds is 5. The molecular formula is C25H28F3N5O3. The van der Waals surface area contributed by atoms with Gasteiger partial charge in [0.25, 0.3) is 0 Å². The molecule has 192 valence electrons. The first-order valence-electron chi connectivity index (χ1n) is 11.6. The minimum absolute atomic E-state index is 0.0566. The number of hydrazine groups is 1. The first-order valence-corrected chi connectivity index (χ1v) is 11.6. The third kappa shape index (κ3) is 5.01. The normalized spacial score (nSPS) is 20.7. The Labute approximate surface area is 207 Å². The second kappa shape index (κ2) is 10.2. The van der Waals surface area contributed by atoms with Gasteiger partial charge in [-0.25, -0.2) is 28.0 Å². The van der Waals surface area contributed by atoms with E-state index in [1.165, 1.54) is 38.0 Å². The summed E-state index contributed by atoms with van der Waals surface area (Å²) in [7, 11) is 1.59. The molecule has 2 aromatic carbocycles. The topological polar surface area (TPSA) is 76.2 Å². The van der Waals surface area contributed by atoms with Crippen LogP contribution in [0.3, 0.4) is 0 Å². The summed E-state index contributed by atoms with van der Waals surface area (Å²) in [5, 5.41) is 5.64. The lowest BCUT2D eigenvalue weighted by Gasteiger charge is -2.55. The fraction of sp³-hybridized carbons (Fsp3) is 0.400. The molecule has 0 saturated carbocycles. The third-order valence-electron chi connectivity index (χ3n) is 6.44. The maximum absolute atomic E-state index is 14.4. The maximum atomic E-state index is 14.4. The number of carbonyl (C=O) groups excluding carboxylic acids is 3. The van der Waals surface area contributed by atoms with E-state index in [1.54, 1.807) is 33.0 Å². The first-order chi connectivity index (χ1) is 17.1. The maximum Gasteiger partial charge on any atom is 0.334 e. The summed E-state index contributed by atoms with van der Waals surface area (Å²) in [4.78, 5) is 42.6. The van der Waals surface area contributed by atoms with Crippen molar-refractivity contribution < 1.29 is 27.6 Å². The molecule has 11 heteroatoms. The van der Waals surface area contributed by atoms with Gasteiger partial charge in [0.1, 0.15) is 29.7 Å². The number of urea groups is 1. The lowest BCUT2D eigenvalue weighted by Crippen LogP contribution is -2.76. The van der Waals surface area contributed by atoms with Crippen molar-refractivity contribution in [2.24, 2.45) is 5.92 Å². The van der Waals surface area contributed by atoms with Crippen LogP contribution in [0.25, 0.3) is 0 Å². The minimum Gasteiger partial charge on any atom is -0.333 e. The summed E-state index contributed by atoms with van der Waals surface area (Å²) < 4.78 is 41.0. The van der Waals surface area contributed by atoms with Crippen LogP contribution in [-0.4, -0.2) is 70.0 Å². The summed E-state index contributed by atoms with van der Waals surface area (Å²) in [6.45, 7) is 3.42. The largest absolute Gasteiger partial charge is 0.334 e. The smallest absolute Gasteiger partial charge is 0.333 e. The quantitative estimate of drug-likeness (QED) is 0.681. The van der Waals surface area contributed by atoms with Crippen molar-refractivity contribution in [1.82, 2.24) is 25.1 Å². The van der Waals surface area contributed by atoms with E-state index in [-0.39, 0.29) is 55.3 Å². The van der Waals surface area contributed by atoms with Gasteiger partial charge in [0.15, 0.2) is 0 Å². The standard InChI is InChI=1S/C25H28F3N5O3/c1-15(2)23-24(35)31(12-17-6-9-19(27)10-20(17)28)13-21-32(23)22(34)14-30(3)33(21)25(36)29-11-16-4-7-18(26)8-5-16/h4-10,15,21,23H,11-14H2,1-3H3,(H,29,36)/t21-,23-/m0/s1. The fourth-order valence-corrected chi connectivity index (χ4v) is 4.72. The Balaban J connectivity index is 1.61. The van der Waals surface area contributed by atoms with Gasteiger partial charge in [0.05, 0.1) is 13.1 Å². The lowest BCUT2D eigenvalue weighted by atomic mass is 9.96. The second-order valence-electron chi connectivity index (χ2n) is 9.37. The number of piperazine rings is 1. The predicted molar refractivity (Wildman–Crippen MR) is 124 cm³/mol. The molecule has 8 nitrogen and oxygen atoms in total. The van der Waals surface area contributed by atoms with Crippen molar-refractivity contribution in [3.63, 3.8) is 0 Å². The number of nitrogens with one attached hydrogen (secondary N) is 1. The number of halogens is 3. The molecule has 0 bridgehead atoms. The number of likely N-dealkylation sites (N-methyl/N-ethyl adjacent to an activating group) is 1. The zero-order valence-electron chi connectivity index (χ0n) is 20.2. The van der Waals surface area contributed by atoms with Crippen LogP contribution in [0.2, 0.25) is 0 Å². The molecule has 2 saturated heterocycles. The molecule has 2 aliphatic heterocycles. The highest BCUT2D eigenvalue weighted by molar-refractivity contribution is 5.91. The second-order valence-corrected chi connectivity index (χ2v) is 9.37. The monoisotopic (exact) mass is 503 g/mol. The summed E-state index contributed by atoms with van der Waals surface area (Å²) in [6, 6.07) is 7.48. The molecule has 2 heterocycles. The van der Waals surface area contributed by atoms with E-state index in [1.807, 2.05) is 0 Å². The van der Waals surface area contributed by atoms with Crippen molar-refractivity contribution in [1.29, 1.82) is 0 Å². The molecule has 2 atom stereocenters. The van der Waals surface area contributed by atoms with Gasteiger partial charge in [-0.05, 0) is 29.7 Å². The number of nitrogens with zero attached hydrogens (tertiary/aromatic N) is 4. The molecule has 4 rings (SSSR count). The lowest BCUT2D eigenvalue weighted by molar-refractivity contribution is -0.190. The van der Waals surface area contributed by atoms with Crippen LogP contribution in [0.15, 0.2) is 42.5 Å². The Morgan fingerprint density at radius 1 is 1.06 bits per heavy atom. The summed E-state index contributed by atoms with van der Waals surface area (Å²) in [6.07, 6.45) is -0.835. The summed E-state index contributed by atoms with van der Waals surface area (Å²) in [5.74, 6) is -2.84. The van der Waals surface area contributed by atoms with Gasteiger partial charge in [-0.2, -0.15) is 0 Å². The van der Waals surface area contributed by atoms with E-state index >= 15 is 0 Å². The average molecular weight is 504 g/mol. The zero-order chi connectivity index (χ0) is 26.1. The molecule has 0 aromatic heterocycles. The van der Waals surface area contributed by atoms with Gasteiger partial charge in [-0.3, -0.25) is 9.59 Å². The van der Waals surface area contributed by atoms with Gasteiger partial charge in [-0.15, -0.1) is 0 Å². The average Bonchev–Trinajstić information content (AvgIpc) is 2.81. The Bertz CT molecular complexity index is 1160. The van der Waals surface area contributed by atoms with Crippen molar-refractivity contribution in [3.8, 4) is 0 Å². The van der Waals surface area contributed by atoms with Gasteiger partial charge < -0.3 is 15.1 Å². The van der Waals surface area contributed by atoms with Crippen LogP contribution >= 0.6 is 0 Å². The molecule has 2 aromatic rings. The molecular weight excluding hydrogens is 475 g/mol. The van der Waals surface area contributed by atoms with Crippen LogP contribution < -0.4 is 5.32 Å². The van der Waals surface area contributed by atoms with Crippen LogP contribution in [0.5, 0.6) is 0 Å². The van der Waals surface area contributed by atoms with Crippen molar-refractivity contribution in [2.45, 2.75) is 39.1 Å². The van der Waals surface area contributed by atoms with Gasteiger partial charge >= 0.3 is 6.03 Å². The number of amides is 4. The van der Waals surface area contributed by atoms with Gasteiger partial charge in [0.2, 0.25) is 11.8 Å². The Morgan fingerprint density at radius 3 is 2.36 bits per heavy atom. The molecule has 0 radical (unpaired) electrons. The van der Waals surface area contributed by atoms with Crippen LogP contribution in [0.4, 0.5) is 18.0 Å². The summed E-state index contributed by atoms with van der Waals surface area (Å²) in [5.41, 5.74) is 0.813. The number of hydrogen-bond donors (Lipinski definition) is 1. The zero-order valence-corrected chi connectivity index (χ0v) is 20.2. The highest BCUT2D eigenvalue weighted by atomic mass is 19.1. The van der Waals surface area contributed by atoms with Crippen molar-refractivity contribution >= 4 is 17.8 Å². The first kappa shape index (κ1) is 25.5. The summed E-state index contributed by atoms with van der Waals surface area (Å²) >= 11 is 0. The predicted octanol–water partition coefficient (Wildman–Crippen LogP) is 2.70. The Kier molecular flexibility index (Phi) is 7.21. The number of fused-ring (bicyclic) bond motifs is 1. The van der Waals surface area contributed by atoms with Gasteiger partial charge in [0, 0.05) is 31.8 Å². The highest BCUT2D eigenvalue weighted by Crippen LogP contribution is 2.30. The third-order valence-corrected chi connectivity index (χ3v) is 6.44. The van der Waals surface area contributed by atoms with E-state index in [9.17, 15) is 27.6 Å². The van der Waals surface area contributed by atoms with E-state index in [2.05, 4.69) is 5.32 Å². The van der Waals surface area contributed by atoms with Crippen molar-refractivity contribution in [2.75, 3.05) is 20.1 Å². The van der Waals surface area contributed by atoms with E-state index in [0.717, 1.165) is 12.1 Å². The Morgan fingerprint density at radius 2 is 1.72 bits per heavy atom. The van der Waals surface area contributed by atoms with Crippen LogP contribution in [0, 0.1) is 23.4 Å². The molecule has 36 heavy (non-hydrogen) atoms. The van der Waals surface area contributed by atoms with Crippen LogP contribution in [0.1, 0.15) is 25.0 Å². The molecule has 1 N–H and O–H groups in total. The molecule has 0 aliphatic carbocycles. The molecule has 4 amide bonds. The highest BCUT2D eigenvalue weighted by Gasteiger charge is 2.51. The van der Waals surface area contributed by atoms with Crippen molar-refractivity contribution in [3.05, 3.63) is 71.0 Å². The number of carbonyl (C=O) groups is 3. The van der Waals surface area contributed by atoms with Gasteiger partial charge in [-0.1, -0.05) is 32.0 Å². The molecule has 0 spiro atoms.